The van der Waals surface area contributed by atoms with Gasteiger partial charge in [0.2, 0.25) is 0 Å². The van der Waals surface area contributed by atoms with Crippen molar-refractivity contribution < 1.29 is 9.13 Å². The second kappa shape index (κ2) is 6.63. The first kappa shape index (κ1) is 14.0. The lowest BCUT2D eigenvalue weighted by Crippen LogP contribution is -2.11. The number of aromatic nitrogens is 1. The highest BCUT2D eigenvalue weighted by Gasteiger charge is 2.04. The van der Waals surface area contributed by atoms with Crippen molar-refractivity contribution in [2.45, 2.75) is 27.0 Å². The van der Waals surface area contributed by atoms with E-state index >= 15 is 0 Å². The maximum atomic E-state index is 13.1. The summed E-state index contributed by atoms with van der Waals surface area (Å²) in [7, 11) is 0. The highest BCUT2D eigenvalue weighted by Crippen LogP contribution is 2.18. The summed E-state index contributed by atoms with van der Waals surface area (Å²) in [4.78, 5) is 4.46. The van der Waals surface area contributed by atoms with E-state index in [4.69, 9.17) is 4.74 Å². The summed E-state index contributed by atoms with van der Waals surface area (Å²) >= 11 is 1.62. The number of nitrogens with zero attached hydrogens (tertiary/aromatic N) is 1. The smallest absolute Gasteiger partial charge is 0.131 e. The van der Waals surface area contributed by atoms with Gasteiger partial charge in [-0.1, -0.05) is 6.92 Å². The SMILES string of the molecule is CCNCc1nc(COc2ccc(F)c(C)c2)cs1. The van der Waals surface area contributed by atoms with Gasteiger partial charge in [0, 0.05) is 11.9 Å². The van der Waals surface area contributed by atoms with Gasteiger partial charge in [-0.3, -0.25) is 0 Å². The molecule has 19 heavy (non-hydrogen) atoms. The van der Waals surface area contributed by atoms with Crippen molar-refractivity contribution in [2.75, 3.05) is 6.54 Å². The van der Waals surface area contributed by atoms with E-state index in [9.17, 15) is 4.39 Å². The Kier molecular flexibility index (Phi) is 4.87. The maximum absolute atomic E-state index is 13.1. The summed E-state index contributed by atoms with van der Waals surface area (Å²) < 4.78 is 18.7. The Bertz CT molecular complexity index is 542. The Hall–Kier alpha value is -1.46. The van der Waals surface area contributed by atoms with Crippen LogP contribution in [0.15, 0.2) is 23.6 Å². The number of rotatable bonds is 6. The van der Waals surface area contributed by atoms with E-state index in [0.717, 1.165) is 23.8 Å². The maximum Gasteiger partial charge on any atom is 0.131 e. The number of benzene rings is 1. The molecule has 0 amide bonds. The summed E-state index contributed by atoms with van der Waals surface area (Å²) in [5.41, 5.74) is 1.49. The summed E-state index contributed by atoms with van der Waals surface area (Å²) in [5, 5.41) is 6.27. The van der Waals surface area contributed by atoms with Gasteiger partial charge >= 0.3 is 0 Å². The molecule has 0 unspecified atom stereocenters. The van der Waals surface area contributed by atoms with E-state index in [2.05, 4.69) is 17.2 Å². The summed E-state index contributed by atoms with van der Waals surface area (Å²) in [5.74, 6) is 0.453. The minimum absolute atomic E-state index is 0.214. The van der Waals surface area contributed by atoms with Gasteiger partial charge in [0.1, 0.15) is 23.2 Å². The third kappa shape index (κ3) is 4.01. The molecule has 0 atom stereocenters. The third-order valence-electron chi connectivity index (χ3n) is 2.64. The zero-order chi connectivity index (χ0) is 13.7. The van der Waals surface area contributed by atoms with Crippen molar-refractivity contribution >= 4 is 11.3 Å². The van der Waals surface area contributed by atoms with Crippen LogP contribution in [0.3, 0.4) is 0 Å². The number of aryl methyl sites for hydroxylation is 1. The fraction of sp³-hybridized carbons (Fsp3) is 0.357. The molecule has 2 aromatic rings. The van der Waals surface area contributed by atoms with E-state index in [-0.39, 0.29) is 5.82 Å². The number of ether oxygens (including phenoxy) is 1. The molecule has 1 aromatic heterocycles. The Morgan fingerprint density at radius 1 is 1.42 bits per heavy atom. The summed E-state index contributed by atoms with van der Waals surface area (Å²) in [6.45, 7) is 5.92. The Balaban J connectivity index is 1.91. The van der Waals surface area contributed by atoms with Gasteiger partial charge in [-0.25, -0.2) is 9.37 Å². The molecular weight excluding hydrogens is 263 g/mol. The van der Waals surface area contributed by atoms with Crippen LogP contribution in [-0.2, 0) is 13.2 Å². The van der Waals surface area contributed by atoms with Crippen LogP contribution in [0.25, 0.3) is 0 Å². The molecule has 1 aromatic carbocycles. The quantitative estimate of drug-likeness (QED) is 0.881. The molecule has 0 fully saturated rings. The second-order valence-corrected chi connectivity index (χ2v) is 5.16. The molecule has 0 radical (unpaired) electrons. The minimum atomic E-state index is -0.214. The first-order chi connectivity index (χ1) is 9.19. The fourth-order valence-corrected chi connectivity index (χ4v) is 2.34. The van der Waals surface area contributed by atoms with Crippen molar-refractivity contribution in [1.82, 2.24) is 10.3 Å². The molecule has 0 bridgehead atoms. The number of nitrogens with one attached hydrogen (secondary N) is 1. The molecule has 0 spiro atoms. The number of hydrogen-bond donors (Lipinski definition) is 1. The number of thiazole rings is 1. The zero-order valence-electron chi connectivity index (χ0n) is 11.1. The van der Waals surface area contributed by atoms with Crippen molar-refractivity contribution in [1.29, 1.82) is 0 Å². The molecule has 3 nitrogen and oxygen atoms in total. The fourth-order valence-electron chi connectivity index (χ4n) is 1.59. The molecule has 102 valence electrons. The monoisotopic (exact) mass is 280 g/mol. The first-order valence-corrected chi connectivity index (χ1v) is 7.10. The topological polar surface area (TPSA) is 34.2 Å². The molecule has 0 saturated carbocycles. The molecule has 2 rings (SSSR count). The summed E-state index contributed by atoms with van der Waals surface area (Å²) in [6.07, 6.45) is 0. The van der Waals surface area contributed by atoms with Gasteiger partial charge in [-0.15, -0.1) is 11.3 Å². The lowest BCUT2D eigenvalue weighted by atomic mass is 10.2. The molecule has 1 heterocycles. The highest BCUT2D eigenvalue weighted by atomic mass is 32.1. The van der Waals surface area contributed by atoms with Crippen molar-refractivity contribution in [3.05, 3.63) is 45.7 Å². The van der Waals surface area contributed by atoms with Gasteiger partial charge in [0.15, 0.2) is 0 Å². The van der Waals surface area contributed by atoms with Gasteiger partial charge in [0.05, 0.1) is 5.69 Å². The van der Waals surface area contributed by atoms with Crippen molar-refractivity contribution in [3.8, 4) is 5.75 Å². The van der Waals surface area contributed by atoms with Crippen LogP contribution in [0.1, 0.15) is 23.2 Å². The normalized spacial score (nSPS) is 10.7. The molecule has 0 saturated heterocycles. The van der Waals surface area contributed by atoms with E-state index < -0.39 is 0 Å². The van der Waals surface area contributed by atoms with Gasteiger partial charge in [-0.2, -0.15) is 0 Å². The van der Waals surface area contributed by atoms with Crippen LogP contribution >= 0.6 is 11.3 Å². The van der Waals surface area contributed by atoms with Crippen LogP contribution in [0.5, 0.6) is 5.75 Å². The van der Waals surface area contributed by atoms with Gasteiger partial charge in [-0.05, 0) is 37.2 Å². The van der Waals surface area contributed by atoms with Crippen molar-refractivity contribution in [3.63, 3.8) is 0 Å². The van der Waals surface area contributed by atoms with Gasteiger partial charge in [0.25, 0.3) is 0 Å². The largest absolute Gasteiger partial charge is 0.487 e. The lowest BCUT2D eigenvalue weighted by molar-refractivity contribution is 0.301. The molecular formula is C14H17FN2OS. The summed E-state index contributed by atoms with van der Waals surface area (Å²) in [6, 6.07) is 4.75. The average Bonchev–Trinajstić information content (AvgIpc) is 2.86. The van der Waals surface area contributed by atoms with Crippen LogP contribution in [0, 0.1) is 12.7 Å². The first-order valence-electron chi connectivity index (χ1n) is 6.22. The molecule has 1 N–H and O–H groups in total. The van der Waals surface area contributed by atoms with E-state index in [1.165, 1.54) is 6.07 Å². The van der Waals surface area contributed by atoms with Crippen LogP contribution < -0.4 is 10.1 Å². The van der Waals surface area contributed by atoms with E-state index in [1.54, 1.807) is 30.4 Å². The second-order valence-electron chi connectivity index (χ2n) is 4.21. The van der Waals surface area contributed by atoms with E-state index in [0.29, 0.717) is 17.9 Å². The van der Waals surface area contributed by atoms with Crippen LogP contribution in [-0.4, -0.2) is 11.5 Å². The standard InChI is InChI=1S/C14H17FN2OS/c1-3-16-7-14-17-11(9-19-14)8-18-12-4-5-13(15)10(2)6-12/h4-6,9,16H,3,7-8H2,1-2H3. The van der Waals surface area contributed by atoms with Crippen LogP contribution in [0.4, 0.5) is 4.39 Å². The zero-order valence-corrected chi connectivity index (χ0v) is 11.9. The highest BCUT2D eigenvalue weighted by molar-refractivity contribution is 7.09. The predicted octanol–water partition coefficient (Wildman–Crippen LogP) is 3.28. The molecule has 0 aliphatic rings. The Morgan fingerprint density at radius 2 is 2.26 bits per heavy atom. The number of halogens is 1. The third-order valence-corrected chi connectivity index (χ3v) is 3.54. The molecule has 0 aliphatic carbocycles. The van der Waals surface area contributed by atoms with Crippen LogP contribution in [0.2, 0.25) is 0 Å². The number of hydrogen-bond acceptors (Lipinski definition) is 4. The lowest BCUT2D eigenvalue weighted by Gasteiger charge is -2.05. The minimum Gasteiger partial charge on any atom is -0.487 e. The predicted molar refractivity (Wildman–Crippen MR) is 75.0 cm³/mol. The molecule has 5 heteroatoms. The average molecular weight is 280 g/mol. The molecule has 0 aliphatic heterocycles. The Labute approximate surface area is 116 Å². The van der Waals surface area contributed by atoms with E-state index in [1.807, 2.05) is 5.38 Å². The van der Waals surface area contributed by atoms with Gasteiger partial charge < -0.3 is 10.1 Å². The van der Waals surface area contributed by atoms with Crippen molar-refractivity contribution in [2.24, 2.45) is 0 Å². The Morgan fingerprint density at radius 3 is 3.00 bits per heavy atom.